The van der Waals surface area contributed by atoms with Gasteiger partial charge in [0.15, 0.2) is 0 Å². The molecule has 0 unspecified atom stereocenters. The standard InChI is InChI=1S/C28H58N2O2/c1-3-5-7-9-11-16-20-27-32-28(31)22-17-13-12-15-19-25-30(26-21-23-29)24-18-14-10-8-6-4-2/h3-27,29H2,1-2H3. The molecule has 0 aromatic heterocycles. The van der Waals surface area contributed by atoms with Crippen molar-refractivity contribution < 1.29 is 9.53 Å². The average Bonchev–Trinajstić information content (AvgIpc) is 2.80. The van der Waals surface area contributed by atoms with Crippen LogP contribution in [0.4, 0.5) is 0 Å². The van der Waals surface area contributed by atoms with Crippen LogP contribution in [0.1, 0.15) is 142 Å². The maximum absolute atomic E-state index is 11.8. The highest BCUT2D eigenvalue weighted by molar-refractivity contribution is 5.69. The summed E-state index contributed by atoms with van der Waals surface area (Å²) in [5.74, 6) is 0.00267. The minimum atomic E-state index is 0.00267. The van der Waals surface area contributed by atoms with Crippen molar-refractivity contribution in [2.24, 2.45) is 5.73 Å². The van der Waals surface area contributed by atoms with E-state index in [0.29, 0.717) is 13.0 Å². The van der Waals surface area contributed by atoms with Crippen LogP contribution in [0.3, 0.4) is 0 Å². The molecule has 0 bridgehead atoms. The van der Waals surface area contributed by atoms with E-state index in [4.69, 9.17) is 10.5 Å². The second-order valence-electron chi connectivity index (χ2n) is 9.61. The van der Waals surface area contributed by atoms with Gasteiger partial charge in [-0.1, -0.05) is 104 Å². The van der Waals surface area contributed by atoms with Crippen molar-refractivity contribution in [3.63, 3.8) is 0 Å². The van der Waals surface area contributed by atoms with E-state index in [1.807, 2.05) is 0 Å². The van der Waals surface area contributed by atoms with E-state index in [9.17, 15) is 4.79 Å². The van der Waals surface area contributed by atoms with Crippen LogP contribution in [0.15, 0.2) is 0 Å². The number of ether oxygens (including phenoxy) is 1. The van der Waals surface area contributed by atoms with Crippen molar-refractivity contribution in [1.82, 2.24) is 4.90 Å². The molecular weight excluding hydrogens is 396 g/mol. The summed E-state index contributed by atoms with van der Waals surface area (Å²) >= 11 is 0. The topological polar surface area (TPSA) is 55.6 Å². The summed E-state index contributed by atoms with van der Waals surface area (Å²) in [5.41, 5.74) is 5.72. The quantitative estimate of drug-likeness (QED) is 0.108. The Morgan fingerprint density at radius 1 is 0.594 bits per heavy atom. The molecule has 0 spiro atoms. The maximum atomic E-state index is 11.8. The van der Waals surface area contributed by atoms with E-state index < -0.39 is 0 Å². The van der Waals surface area contributed by atoms with Gasteiger partial charge in [0.2, 0.25) is 0 Å². The lowest BCUT2D eigenvalue weighted by molar-refractivity contribution is -0.143. The maximum Gasteiger partial charge on any atom is 0.305 e. The number of nitrogens with zero attached hydrogens (tertiary/aromatic N) is 1. The third-order valence-corrected chi connectivity index (χ3v) is 6.37. The third-order valence-electron chi connectivity index (χ3n) is 6.37. The lowest BCUT2D eigenvalue weighted by Crippen LogP contribution is -2.28. The monoisotopic (exact) mass is 454 g/mol. The number of carbonyl (C=O) groups excluding carboxylic acids is 1. The Morgan fingerprint density at radius 3 is 1.56 bits per heavy atom. The Morgan fingerprint density at radius 2 is 1.03 bits per heavy atom. The number of nitrogens with two attached hydrogens (primary N) is 1. The number of hydrogen-bond donors (Lipinski definition) is 1. The molecular formula is C28H58N2O2. The number of unbranched alkanes of at least 4 members (excludes halogenated alkanes) is 15. The fraction of sp³-hybridized carbons (Fsp3) is 0.964. The van der Waals surface area contributed by atoms with Gasteiger partial charge in [0.25, 0.3) is 0 Å². The molecule has 4 nitrogen and oxygen atoms in total. The number of carbonyl (C=O) groups is 1. The van der Waals surface area contributed by atoms with Crippen LogP contribution in [0.2, 0.25) is 0 Å². The van der Waals surface area contributed by atoms with E-state index in [2.05, 4.69) is 18.7 Å². The molecule has 0 rings (SSSR count). The summed E-state index contributed by atoms with van der Waals surface area (Å²) in [6, 6.07) is 0. The van der Waals surface area contributed by atoms with Crippen molar-refractivity contribution in [3.05, 3.63) is 0 Å². The van der Waals surface area contributed by atoms with E-state index >= 15 is 0 Å². The first-order chi connectivity index (χ1) is 15.7. The summed E-state index contributed by atoms with van der Waals surface area (Å²) in [6.45, 7) is 9.52. The number of rotatable bonds is 26. The molecule has 0 heterocycles. The van der Waals surface area contributed by atoms with Gasteiger partial charge in [-0.15, -0.1) is 0 Å². The van der Waals surface area contributed by atoms with Gasteiger partial charge < -0.3 is 15.4 Å². The van der Waals surface area contributed by atoms with Gasteiger partial charge in [-0.25, -0.2) is 0 Å². The van der Waals surface area contributed by atoms with E-state index in [1.165, 1.54) is 109 Å². The summed E-state index contributed by atoms with van der Waals surface area (Å²) in [4.78, 5) is 14.5. The van der Waals surface area contributed by atoms with Crippen LogP contribution in [0.25, 0.3) is 0 Å². The highest BCUT2D eigenvalue weighted by atomic mass is 16.5. The largest absolute Gasteiger partial charge is 0.466 e. The molecule has 0 fully saturated rings. The number of esters is 1. The number of hydrogen-bond acceptors (Lipinski definition) is 4. The molecule has 0 aliphatic rings. The zero-order chi connectivity index (χ0) is 23.5. The Hall–Kier alpha value is -0.610. The normalized spacial score (nSPS) is 11.4. The first kappa shape index (κ1) is 31.4. The molecule has 0 aliphatic heterocycles. The van der Waals surface area contributed by atoms with Gasteiger partial charge in [0.05, 0.1) is 6.61 Å². The highest BCUT2D eigenvalue weighted by Crippen LogP contribution is 2.11. The fourth-order valence-electron chi connectivity index (χ4n) is 4.22. The Kier molecular flexibility index (Phi) is 26.1. The van der Waals surface area contributed by atoms with E-state index in [-0.39, 0.29) is 5.97 Å². The molecule has 192 valence electrons. The molecule has 0 atom stereocenters. The third kappa shape index (κ3) is 24.0. The highest BCUT2D eigenvalue weighted by Gasteiger charge is 2.05. The van der Waals surface area contributed by atoms with Gasteiger partial charge in [-0.3, -0.25) is 4.79 Å². The van der Waals surface area contributed by atoms with Crippen molar-refractivity contribution in [2.45, 2.75) is 142 Å². The molecule has 0 aromatic carbocycles. The molecule has 2 N–H and O–H groups in total. The predicted molar refractivity (Wildman–Crippen MR) is 140 cm³/mol. The Labute approximate surface area is 201 Å². The van der Waals surface area contributed by atoms with Gasteiger partial charge in [-0.05, 0) is 58.3 Å². The van der Waals surface area contributed by atoms with Crippen LogP contribution in [-0.2, 0) is 9.53 Å². The lowest BCUT2D eigenvalue weighted by atomic mass is 10.1. The molecule has 0 aromatic rings. The van der Waals surface area contributed by atoms with Crippen LogP contribution in [-0.4, -0.2) is 43.7 Å². The summed E-state index contributed by atoms with van der Waals surface area (Å²) in [5, 5.41) is 0. The van der Waals surface area contributed by atoms with Gasteiger partial charge >= 0.3 is 5.97 Å². The minimum absolute atomic E-state index is 0.00267. The van der Waals surface area contributed by atoms with Gasteiger partial charge in [0.1, 0.15) is 0 Å². The summed E-state index contributed by atoms with van der Waals surface area (Å²) in [6.07, 6.45) is 24.6. The van der Waals surface area contributed by atoms with Crippen molar-refractivity contribution in [3.8, 4) is 0 Å². The SMILES string of the molecule is CCCCCCCCCOC(=O)CCCCCCCN(CCCN)CCCCCCCC. The zero-order valence-corrected chi connectivity index (χ0v) is 22.0. The molecule has 32 heavy (non-hydrogen) atoms. The van der Waals surface area contributed by atoms with Gasteiger partial charge in [-0.2, -0.15) is 0 Å². The molecule has 4 heteroatoms. The van der Waals surface area contributed by atoms with E-state index in [0.717, 1.165) is 38.8 Å². The molecule has 0 saturated carbocycles. The van der Waals surface area contributed by atoms with Crippen LogP contribution in [0, 0.1) is 0 Å². The van der Waals surface area contributed by atoms with E-state index in [1.54, 1.807) is 0 Å². The minimum Gasteiger partial charge on any atom is -0.466 e. The first-order valence-corrected chi connectivity index (χ1v) is 14.3. The summed E-state index contributed by atoms with van der Waals surface area (Å²) < 4.78 is 5.38. The Bertz CT molecular complexity index is 376. The van der Waals surface area contributed by atoms with Crippen molar-refractivity contribution >= 4 is 5.97 Å². The lowest BCUT2D eigenvalue weighted by Gasteiger charge is -2.22. The Balaban J connectivity index is 3.55. The van der Waals surface area contributed by atoms with Crippen LogP contribution >= 0.6 is 0 Å². The second kappa shape index (κ2) is 26.6. The average molecular weight is 455 g/mol. The second-order valence-corrected chi connectivity index (χ2v) is 9.61. The van der Waals surface area contributed by atoms with Crippen LogP contribution < -0.4 is 5.73 Å². The molecule has 0 saturated heterocycles. The summed E-state index contributed by atoms with van der Waals surface area (Å²) in [7, 11) is 0. The fourth-order valence-corrected chi connectivity index (χ4v) is 4.22. The molecule has 0 radical (unpaired) electrons. The smallest absolute Gasteiger partial charge is 0.305 e. The van der Waals surface area contributed by atoms with Crippen molar-refractivity contribution in [2.75, 3.05) is 32.8 Å². The van der Waals surface area contributed by atoms with Gasteiger partial charge in [0, 0.05) is 6.42 Å². The zero-order valence-electron chi connectivity index (χ0n) is 22.0. The van der Waals surface area contributed by atoms with Crippen molar-refractivity contribution in [1.29, 1.82) is 0 Å². The molecule has 0 aliphatic carbocycles. The first-order valence-electron chi connectivity index (χ1n) is 14.3. The predicted octanol–water partition coefficient (Wildman–Crippen LogP) is 7.63. The van der Waals surface area contributed by atoms with Crippen LogP contribution in [0.5, 0.6) is 0 Å². The molecule has 0 amide bonds.